The van der Waals surface area contributed by atoms with Crippen molar-refractivity contribution in [1.82, 2.24) is 9.88 Å². The topological polar surface area (TPSA) is 54.3 Å². The van der Waals surface area contributed by atoms with Gasteiger partial charge in [0.1, 0.15) is 5.69 Å². The highest BCUT2D eigenvalue weighted by Gasteiger charge is 2.32. The van der Waals surface area contributed by atoms with Crippen molar-refractivity contribution in [3.05, 3.63) is 59.4 Å². The van der Waals surface area contributed by atoms with E-state index in [1.54, 1.807) is 0 Å². The van der Waals surface area contributed by atoms with E-state index in [4.69, 9.17) is 0 Å². The Hall–Kier alpha value is -2.07. The number of carbonyl (C=O) groups is 1. The Morgan fingerprint density at radius 2 is 2.05 bits per heavy atom. The minimum absolute atomic E-state index is 0.144. The summed E-state index contributed by atoms with van der Waals surface area (Å²) in [6, 6.07) is 11.4. The number of hydrogen-bond acceptors (Lipinski definition) is 2. The van der Waals surface area contributed by atoms with Crippen molar-refractivity contribution >= 4 is 5.91 Å². The van der Waals surface area contributed by atoms with Gasteiger partial charge in [-0.15, -0.1) is 0 Å². The summed E-state index contributed by atoms with van der Waals surface area (Å²) in [5.41, 5.74) is 2.75. The second-order valence-corrected chi connectivity index (χ2v) is 5.82. The molecule has 0 aliphatic heterocycles. The molecule has 3 rings (SSSR count). The quantitative estimate of drug-likeness (QED) is 0.909. The van der Waals surface area contributed by atoms with Gasteiger partial charge < -0.3 is 15.0 Å². The van der Waals surface area contributed by atoms with E-state index in [1.807, 2.05) is 61.0 Å². The average molecular weight is 284 g/mol. The Morgan fingerprint density at radius 1 is 1.29 bits per heavy atom. The fraction of sp³-hybridized carbons (Fsp3) is 0.353. The highest BCUT2D eigenvalue weighted by molar-refractivity contribution is 5.93. The Kier molecular flexibility index (Phi) is 3.55. The molecule has 0 spiro atoms. The predicted octanol–water partition coefficient (Wildman–Crippen LogP) is 2.46. The molecule has 1 amide bonds. The van der Waals surface area contributed by atoms with E-state index in [-0.39, 0.29) is 18.0 Å². The lowest BCUT2D eigenvalue weighted by molar-refractivity contribution is 0.0848. The van der Waals surface area contributed by atoms with Crippen LogP contribution in [-0.4, -0.2) is 21.7 Å². The Bertz CT molecular complexity index is 660. The Morgan fingerprint density at radius 3 is 2.81 bits per heavy atom. The minimum Gasteiger partial charge on any atom is -0.390 e. The zero-order valence-electron chi connectivity index (χ0n) is 12.3. The van der Waals surface area contributed by atoms with Crippen LogP contribution >= 0.6 is 0 Å². The molecule has 0 bridgehead atoms. The maximum absolute atomic E-state index is 12.5. The number of aromatic nitrogens is 1. The summed E-state index contributed by atoms with van der Waals surface area (Å²) in [5.74, 6) is -0.144. The van der Waals surface area contributed by atoms with Gasteiger partial charge in [0.25, 0.3) is 5.91 Å². The zero-order valence-corrected chi connectivity index (χ0v) is 12.3. The maximum atomic E-state index is 12.5. The van der Waals surface area contributed by atoms with Crippen molar-refractivity contribution in [2.45, 2.75) is 38.5 Å². The van der Waals surface area contributed by atoms with Crippen molar-refractivity contribution in [1.29, 1.82) is 0 Å². The van der Waals surface area contributed by atoms with Gasteiger partial charge in [-0.25, -0.2) is 0 Å². The largest absolute Gasteiger partial charge is 0.390 e. The van der Waals surface area contributed by atoms with Crippen LogP contribution < -0.4 is 5.32 Å². The minimum atomic E-state index is -0.561. The molecule has 1 aromatic heterocycles. The van der Waals surface area contributed by atoms with Crippen LogP contribution in [0.25, 0.3) is 0 Å². The summed E-state index contributed by atoms with van der Waals surface area (Å²) in [4.78, 5) is 12.5. The Labute approximate surface area is 124 Å². The van der Waals surface area contributed by atoms with Gasteiger partial charge in [0.05, 0.1) is 12.1 Å². The first-order valence-corrected chi connectivity index (χ1v) is 7.31. The van der Waals surface area contributed by atoms with Crippen molar-refractivity contribution in [3.63, 3.8) is 0 Å². The molecule has 1 aliphatic carbocycles. The molecular weight excluding hydrogens is 264 g/mol. The first kappa shape index (κ1) is 13.9. The third-order valence-electron chi connectivity index (χ3n) is 4.06. The molecule has 0 fully saturated rings. The van der Waals surface area contributed by atoms with E-state index in [2.05, 4.69) is 5.32 Å². The van der Waals surface area contributed by atoms with E-state index in [1.165, 1.54) is 0 Å². The predicted molar refractivity (Wildman–Crippen MR) is 81.2 cm³/mol. The van der Waals surface area contributed by atoms with Crippen LogP contribution in [0, 0.1) is 0 Å². The number of aliphatic hydroxyl groups excluding tert-OH is 1. The van der Waals surface area contributed by atoms with Crippen LogP contribution in [0.15, 0.2) is 42.6 Å². The van der Waals surface area contributed by atoms with Gasteiger partial charge in [-0.2, -0.15) is 0 Å². The normalized spacial score (nSPS) is 20.6. The van der Waals surface area contributed by atoms with Gasteiger partial charge in [-0.1, -0.05) is 24.3 Å². The molecule has 21 heavy (non-hydrogen) atoms. The molecule has 4 heteroatoms. The lowest BCUT2D eigenvalue weighted by atomic mass is 10.1. The summed E-state index contributed by atoms with van der Waals surface area (Å²) >= 11 is 0. The summed E-state index contributed by atoms with van der Waals surface area (Å²) < 4.78 is 1.93. The van der Waals surface area contributed by atoms with Gasteiger partial charge in [0.15, 0.2) is 0 Å². The summed E-state index contributed by atoms with van der Waals surface area (Å²) in [6.07, 6.45) is 1.93. The number of benzene rings is 1. The number of carbonyl (C=O) groups excluding carboxylic acids is 1. The number of nitrogens with one attached hydrogen (secondary N) is 1. The van der Waals surface area contributed by atoms with E-state index in [0.29, 0.717) is 12.1 Å². The van der Waals surface area contributed by atoms with E-state index in [9.17, 15) is 9.90 Å². The van der Waals surface area contributed by atoms with Crippen LogP contribution in [0.1, 0.15) is 47.5 Å². The lowest BCUT2D eigenvalue weighted by Gasteiger charge is -2.19. The summed E-state index contributed by atoms with van der Waals surface area (Å²) in [5, 5.41) is 13.2. The standard InChI is InChI=1S/C17H20N2O2/c1-11(2)19-9-5-8-14(19)17(21)18-16-13-7-4-3-6-12(13)10-15(16)20/h3-9,11,15-16,20H,10H2,1-2H3,(H,18,21)/t15-,16+/m1/s1. The van der Waals surface area contributed by atoms with Gasteiger partial charge in [0.2, 0.25) is 0 Å². The van der Waals surface area contributed by atoms with Gasteiger partial charge in [0, 0.05) is 18.7 Å². The average Bonchev–Trinajstić information content (AvgIpc) is 3.04. The first-order chi connectivity index (χ1) is 10.1. The first-order valence-electron chi connectivity index (χ1n) is 7.31. The lowest BCUT2D eigenvalue weighted by Crippen LogP contribution is -2.35. The van der Waals surface area contributed by atoms with E-state index < -0.39 is 6.10 Å². The fourth-order valence-corrected chi connectivity index (χ4v) is 3.00. The smallest absolute Gasteiger partial charge is 0.268 e. The summed E-state index contributed by atoms with van der Waals surface area (Å²) in [6.45, 7) is 4.08. The number of amides is 1. The monoisotopic (exact) mass is 284 g/mol. The molecule has 1 aliphatic rings. The third kappa shape index (κ3) is 2.47. The molecule has 0 radical (unpaired) electrons. The Balaban J connectivity index is 1.84. The van der Waals surface area contributed by atoms with Crippen LogP contribution in [0.2, 0.25) is 0 Å². The molecule has 0 unspecified atom stereocenters. The zero-order chi connectivity index (χ0) is 15.0. The molecule has 2 atom stereocenters. The molecule has 1 heterocycles. The molecule has 2 aromatic rings. The van der Waals surface area contributed by atoms with Crippen LogP contribution in [0.4, 0.5) is 0 Å². The molecule has 2 N–H and O–H groups in total. The van der Waals surface area contributed by atoms with E-state index in [0.717, 1.165) is 11.1 Å². The number of aliphatic hydroxyl groups is 1. The van der Waals surface area contributed by atoms with Crippen LogP contribution in [0.5, 0.6) is 0 Å². The fourth-order valence-electron chi connectivity index (χ4n) is 3.00. The van der Waals surface area contributed by atoms with Crippen molar-refractivity contribution < 1.29 is 9.90 Å². The van der Waals surface area contributed by atoms with Crippen molar-refractivity contribution in [2.24, 2.45) is 0 Å². The SMILES string of the molecule is CC(C)n1cccc1C(=O)N[C@H]1c2ccccc2C[C@H]1O. The second-order valence-electron chi connectivity index (χ2n) is 5.82. The number of nitrogens with zero attached hydrogens (tertiary/aromatic N) is 1. The highest BCUT2D eigenvalue weighted by atomic mass is 16.3. The van der Waals surface area contributed by atoms with Gasteiger partial charge in [-0.3, -0.25) is 4.79 Å². The summed E-state index contributed by atoms with van der Waals surface area (Å²) in [7, 11) is 0. The van der Waals surface area contributed by atoms with Gasteiger partial charge >= 0.3 is 0 Å². The van der Waals surface area contributed by atoms with Crippen molar-refractivity contribution in [2.75, 3.05) is 0 Å². The van der Waals surface area contributed by atoms with Crippen molar-refractivity contribution in [3.8, 4) is 0 Å². The highest BCUT2D eigenvalue weighted by Crippen LogP contribution is 2.31. The van der Waals surface area contributed by atoms with Crippen LogP contribution in [0.3, 0.4) is 0 Å². The molecule has 4 nitrogen and oxygen atoms in total. The number of fused-ring (bicyclic) bond motifs is 1. The molecule has 1 aromatic carbocycles. The molecular formula is C17H20N2O2. The second kappa shape index (κ2) is 5.37. The number of rotatable bonds is 3. The molecule has 110 valence electrons. The van der Waals surface area contributed by atoms with Crippen LogP contribution in [-0.2, 0) is 6.42 Å². The maximum Gasteiger partial charge on any atom is 0.268 e. The van der Waals surface area contributed by atoms with Gasteiger partial charge in [-0.05, 0) is 37.1 Å². The van der Waals surface area contributed by atoms with E-state index >= 15 is 0 Å². The molecule has 0 saturated heterocycles. The third-order valence-corrected chi connectivity index (χ3v) is 4.06. The number of hydrogen-bond donors (Lipinski definition) is 2. The molecule has 0 saturated carbocycles.